The monoisotopic (exact) mass is 290 g/mol. The Morgan fingerprint density at radius 1 is 1.28 bits per heavy atom. The molecule has 1 aromatic rings. The summed E-state index contributed by atoms with van der Waals surface area (Å²) in [7, 11) is -3.70. The van der Waals surface area contributed by atoms with Crippen LogP contribution in [0.3, 0.4) is 0 Å². The molecule has 2 atom stereocenters. The van der Waals surface area contributed by atoms with Crippen LogP contribution in [0.2, 0.25) is 0 Å². The molecule has 0 saturated carbocycles. The third-order valence-electron chi connectivity index (χ3n) is 2.95. The van der Waals surface area contributed by atoms with Gasteiger partial charge in [0.15, 0.2) is 0 Å². The first-order valence-electron chi connectivity index (χ1n) is 5.97. The molecule has 1 rings (SSSR count). The fraction of sp³-hybridized carbons (Fsp3) is 0.538. The number of aryl methyl sites for hydroxylation is 1. The van der Waals surface area contributed by atoms with E-state index in [1.807, 2.05) is 20.8 Å². The van der Waals surface area contributed by atoms with Crippen LogP contribution < -0.4 is 0 Å². The van der Waals surface area contributed by atoms with Gasteiger partial charge in [0, 0.05) is 0 Å². The molecule has 1 aromatic carbocycles. The fourth-order valence-electron chi connectivity index (χ4n) is 1.35. The number of rotatable bonds is 6. The van der Waals surface area contributed by atoms with Gasteiger partial charge in [-0.05, 0) is 25.0 Å². The minimum Gasteiger partial charge on any atom is -0.265 e. The van der Waals surface area contributed by atoms with E-state index in [9.17, 15) is 8.42 Å². The summed E-state index contributed by atoms with van der Waals surface area (Å²) < 4.78 is 28.7. The zero-order chi connectivity index (χ0) is 13.8. The van der Waals surface area contributed by atoms with Crippen molar-refractivity contribution in [2.45, 2.75) is 37.5 Å². The van der Waals surface area contributed by atoms with Crippen molar-refractivity contribution in [3.8, 4) is 0 Å². The van der Waals surface area contributed by atoms with E-state index in [0.29, 0.717) is 0 Å². The second kappa shape index (κ2) is 6.55. The Morgan fingerprint density at radius 2 is 1.83 bits per heavy atom. The summed E-state index contributed by atoms with van der Waals surface area (Å²) >= 11 is 6.06. The van der Waals surface area contributed by atoms with Gasteiger partial charge in [0.1, 0.15) is 0 Å². The Kier molecular flexibility index (Phi) is 5.63. The van der Waals surface area contributed by atoms with Gasteiger partial charge in [-0.2, -0.15) is 8.42 Å². The van der Waals surface area contributed by atoms with E-state index in [1.54, 1.807) is 12.1 Å². The molecule has 0 amide bonds. The first kappa shape index (κ1) is 15.5. The molecule has 0 aliphatic carbocycles. The van der Waals surface area contributed by atoms with E-state index >= 15 is 0 Å². The lowest BCUT2D eigenvalue weighted by molar-refractivity contribution is 0.289. The van der Waals surface area contributed by atoms with Gasteiger partial charge in [-0.1, -0.05) is 38.0 Å². The van der Waals surface area contributed by atoms with Gasteiger partial charge in [0.05, 0.1) is 16.9 Å². The maximum atomic E-state index is 11.9. The quantitative estimate of drug-likeness (QED) is 0.596. The normalized spacial score (nSPS) is 15.3. The maximum absolute atomic E-state index is 11.9. The van der Waals surface area contributed by atoms with Gasteiger partial charge < -0.3 is 0 Å². The lowest BCUT2D eigenvalue weighted by Gasteiger charge is -2.15. The Hall–Kier alpha value is -0.580. The predicted molar refractivity (Wildman–Crippen MR) is 73.4 cm³/mol. The van der Waals surface area contributed by atoms with E-state index in [4.69, 9.17) is 15.8 Å². The standard InChI is InChI=1S/C13H19ClO3S/c1-4-11(3)13(14)9-17-18(15,16)12-7-5-10(2)6-8-12/h5-8,11,13H,4,9H2,1-3H3. The second-order valence-electron chi connectivity index (χ2n) is 4.45. The van der Waals surface area contributed by atoms with E-state index in [2.05, 4.69) is 0 Å². The number of benzene rings is 1. The number of halogens is 1. The van der Waals surface area contributed by atoms with Crippen molar-refractivity contribution in [2.24, 2.45) is 5.92 Å². The van der Waals surface area contributed by atoms with Crippen LogP contribution in [0, 0.1) is 12.8 Å². The smallest absolute Gasteiger partial charge is 0.265 e. The van der Waals surface area contributed by atoms with Gasteiger partial charge in [0.25, 0.3) is 10.1 Å². The number of alkyl halides is 1. The average Bonchev–Trinajstić information content (AvgIpc) is 2.35. The van der Waals surface area contributed by atoms with Gasteiger partial charge >= 0.3 is 0 Å². The molecule has 0 aromatic heterocycles. The number of hydrogen-bond donors (Lipinski definition) is 0. The first-order valence-corrected chi connectivity index (χ1v) is 7.81. The van der Waals surface area contributed by atoms with Crippen molar-refractivity contribution in [3.63, 3.8) is 0 Å². The van der Waals surface area contributed by atoms with Crippen molar-refractivity contribution in [2.75, 3.05) is 6.61 Å². The van der Waals surface area contributed by atoms with Crippen molar-refractivity contribution < 1.29 is 12.6 Å². The first-order chi connectivity index (χ1) is 8.36. The lowest BCUT2D eigenvalue weighted by atomic mass is 10.1. The van der Waals surface area contributed by atoms with E-state index < -0.39 is 10.1 Å². The Bertz CT molecular complexity index is 468. The Labute approximate surface area is 114 Å². The van der Waals surface area contributed by atoms with Crippen molar-refractivity contribution in [1.82, 2.24) is 0 Å². The van der Waals surface area contributed by atoms with Crippen LogP contribution in [-0.4, -0.2) is 20.4 Å². The van der Waals surface area contributed by atoms with Crippen molar-refractivity contribution in [1.29, 1.82) is 0 Å². The minimum absolute atomic E-state index is 0.00672. The number of hydrogen-bond acceptors (Lipinski definition) is 3. The molecule has 0 spiro atoms. The molecule has 0 saturated heterocycles. The summed E-state index contributed by atoms with van der Waals surface area (Å²) in [5, 5.41) is -0.296. The highest BCUT2D eigenvalue weighted by Gasteiger charge is 2.19. The van der Waals surface area contributed by atoms with Crippen molar-refractivity contribution >= 4 is 21.7 Å². The summed E-state index contributed by atoms with van der Waals surface area (Å²) in [6, 6.07) is 6.56. The molecule has 0 heterocycles. The highest BCUT2D eigenvalue weighted by molar-refractivity contribution is 7.86. The molecular formula is C13H19ClO3S. The zero-order valence-corrected chi connectivity index (χ0v) is 12.5. The average molecular weight is 291 g/mol. The third kappa shape index (κ3) is 4.26. The van der Waals surface area contributed by atoms with Crippen LogP contribution >= 0.6 is 11.6 Å². The zero-order valence-electron chi connectivity index (χ0n) is 10.9. The maximum Gasteiger partial charge on any atom is 0.297 e. The second-order valence-corrected chi connectivity index (χ2v) is 6.63. The van der Waals surface area contributed by atoms with Crippen LogP contribution in [0.4, 0.5) is 0 Å². The molecule has 102 valence electrons. The van der Waals surface area contributed by atoms with E-state index in [0.717, 1.165) is 12.0 Å². The third-order valence-corrected chi connectivity index (χ3v) is 4.81. The van der Waals surface area contributed by atoms with Crippen LogP contribution in [0.25, 0.3) is 0 Å². The lowest BCUT2D eigenvalue weighted by Crippen LogP contribution is -2.20. The summed E-state index contributed by atoms with van der Waals surface area (Å²) in [4.78, 5) is 0.168. The predicted octanol–water partition coefficient (Wildman–Crippen LogP) is 3.35. The van der Waals surface area contributed by atoms with Crippen LogP contribution in [-0.2, 0) is 14.3 Å². The molecule has 3 nitrogen and oxygen atoms in total. The van der Waals surface area contributed by atoms with Crippen LogP contribution in [0.5, 0.6) is 0 Å². The minimum atomic E-state index is -3.70. The Balaban J connectivity index is 2.68. The van der Waals surface area contributed by atoms with Crippen molar-refractivity contribution in [3.05, 3.63) is 29.8 Å². The SMILES string of the molecule is CCC(C)C(Cl)COS(=O)(=O)c1ccc(C)cc1. The van der Waals surface area contributed by atoms with Gasteiger partial charge in [-0.15, -0.1) is 11.6 Å². The molecule has 0 aliphatic heterocycles. The Morgan fingerprint density at radius 3 is 2.33 bits per heavy atom. The fourth-order valence-corrected chi connectivity index (χ4v) is 2.59. The molecule has 0 N–H and O–H groups in total. The van der Waals surface area contributed by atoms with Gasteiger partial charge in [0.2, 0.25) is 0 Å². The molecule has 0 bridgehead atoms. The molecule has 2 unspecified atom stereocenters. The van der Waals surface area contributed by atoms with Crippen LogP contribution in [0.1, 0.15) is 25.8 Å². The molecule has 18 heavy (non-hydrogen) atoms. The molecular weight excluding hydrogens is 272 g/mol. The summed E-state index contributed by atoms with van der Waals surface area (Å²) in [6.45, 7) is 5.88. The van der Waals surface area contributed by atoms with E-state index in [1.165, 1.54) is 12.1 Å². The van der Waals surface area contributed by atoms with Gasteiger partial charge in [-0.25, -0.2) is 0 Å². The topological polar surface area (TPSA) is 43.4 Å². The molecule has 0 radical (unpaired) electrons. The summed E-state index contributed by atoms with van der Waals surface area (Å²) in [6.07, 6.45) is 0.891. The van der Waals surface area contributed by atoms with Gasteiger partial charge in [-0.3, -0.25) is 4.18 Å². The molecule has 5 heteroatoms. The summed E-state index contributed by atoms with van der Waals surface area (Å²) in [5.74, 6) is 0.222. The van der Waals surface area contributed by atoms with E-state index in [-0.39, 0.29) is 22.8 Å². The largest absolute Gasteiger partial charge is 0.297 e. The summed E-state index contributed by atoms with van der Waals surface area (Å²) in [5.41, 5.74) is 1.00. The molecule has 0 aliphatic rings. The highest BCUT2D eigenvalue weighted by Crippen LogP contribution is 2.18. The molecule has 0 fully saturated rings. The highest BCUT2D eigenvalue weighted by atomic mass is 35.5. The van der Waals surface area contributed by atoms with Crippen LogP contribution in [0.15, 0.2) is 29.2 Å².